The first-order chi connectivity index (χ1) is 23.6. The Morgan fingerprint density at radius 2 is 0.812 bits per heavy atom. The molecule has 0 atom stereocenters. The van der Waals surface area contributed by atoms with Gasteiger partial charge in [0.25, 0.3) is 0 Å². The van der Waals surface area contributed by atoms with Crippen LogP contribution in [-0.2, 0) is 0 Å². The van der Waals surface area contributed by atoms with Crippen LogP contribution in [0.4, 0.5) is 5.69 Å². The summed E-state index contributed by atoms with van der Waals surface area (Å²) in [6, 6.07) is 47.9. The summed E-state index contributed by atoms with van der Waals surface area (Å²) >= 11 is 0. The molecule has 0 unspecified atom stereocenters. The summed E-state index contributed by atoms with van der Waals surface area (Å²) < 4.78 is 11.0. The van der Waals surface area contributed by atoms with Crippen LogP contribution in [0.3, 0.4) is 0 Å². The van der Waals surface area contributed by atoms with Crippen LogP contribution in [0.5, 0.6) is 11.5 Å². The zero-order chi connectivity index (χ0) is 32.8. The Hall–Kier alpha value is -6.62. The Kier molecular flexibility index (Phi) is 6.98. The number of hydrogen-bond acceptors (Lipinski definition) is 3. The summed E-state index contributed by atoms with van der Waals surface area (Å²) in [6.07, 6.45) is 0. The van der Waals surface area contributed by atoms with Gasteiger partial charge in [-0.2, -0.15) is 5.26 Å². The normalized spacial score (nSPS) is 11.1. The standard InChI is InChI=1S/C44H28N2O2/c1-46-32-14-8-29(9-15-32)40-25-42(31-12-18-34(48-3)19-13-31)38-22-20-35-39(28-6-4-27(26-45)5-7-28)24-41(30-10-16-33(47-2)17-11-30)37-23-21-36(40)44(38)43(35)37/h4-25H,2-3H3. The molecule has 4 nitrogen and oxygen atoms in total. The van der Waals surface area contributed by atoms with Crippen LogP contribution in [0.2, 0.25) is 0 Å². The lowest BCUT2D eigenvalue weighted by molar-refractivity contribution is 0.415. The quantitative estimate of drug-likeness (QED) is 0.138. The van der Waals surface area contributed by atoms with Gasteiger partial charge in [-0.3, -0.25) is 0 Å². The molecule has 0 aliphatic rings. The van der Waals surface area contributed by atoms with Crippen molar-refractivity contribution in [2.75, 3.05) is 14.2 Å². The van der Waals surface area contributed by atoms with E-state index < -0.39 is 0 Å². The van der Waals surface area contributed by atoms with E-state index in [1.807, 2.05) is 72.8 Å². The van der Waals surface area contributed by atoms with E-state index >= 15 is 0 Å². The zero-order valence-electron chi connectivity index (χ0n) is 26.4. The van der Waals surface area contributed by atoms with Gasteiger partial charge in [-0.05, 0) is 125 Å². The minimum Gasteiger partial charge on any atom is -0.497 e. The molecule has 48 heavy (non-hydrogen) atoms. The zero-order valence-corrected chi connectivity index (χ0v) is 26.4. The number of methoxy groups -OCH3 is 2. The minimum atomic E-state index is 0.614. The second kappa shape index (κ2) is 11.6. The highest BCUT2D eigenvalue weighted by molar-refractivity contribution is 6.32. The molecule has 8 rings (SSSR count). The predicted molar refractivity (Wildman–Crippen MR) is 196 cm³/mol. The highest BCUT2D eigenvalue weighted by atomic mass is 16.5. The Bertz CT molecular complexity index is 2370. The molecule has 226 valence electrons. The molecule has 8 aromatic rings. The van der Waals surface area contributed by atoms with Gasteiger partial charge in [0.15, 0.2) is 5.69 Å². The first-order valence-corrected chi connectivity index (χ1v) is 15.7. The maximum atomic E-state index is 9.51. The minimum absolute atomic E-state index is 0.614. The summed E-state index contributed by atoms with van der Waals surface area (Å²) in [5.74, 6) is 1.62. The largest absolute Gasteiger partial charge is 0.497 e. The van der Waals surface area contributed by atoms with Gasteiger partial charge in [-0.1, -0.05) is 84.9 Å². The van der Waals surface area contributed by atoms with Crippen LogP contribution < -0.4 is 9.47 Å². The van der Waals surface area contributed by atoms with Crippen LogP contribution in [0, 0.1) is 17.9 Å². The van der Waals surface area contributed by atoms with Crippen molar-refractivity contribution < 1.29 is 9.47 Å². The molecule has 0 aliphatic carbocycles. The third-order valence-corrected chi connectivity index (χ3v) is 9.33. The van der Waals surface area contributed by atoms with E-state index in [0.717, 1.165) is 77.6 Å². The molecule has 0 heterocycles. The van der Waals surface area contributed by atoms with Crippen molar-refractivity contribution in [3.8, 4) is 62.1 Å². The smallest absolute Gasteiger partial charge is 0.187 e. The lowest BCUT2D eigenvalue weighted by atomic mass is 9.82. The average molecular weight is 617 g/mol. The molecule has 0 saturated carbocycles. The third-order valence-electron chi connectivity index (χ3n) is 9.33. The van der Waals surface area contributed by atoms with Gasteiger partial charge in [0, 0.05) is 0 Å². The van der Waals surface area contributed by atoms with E-state index in [-0.39, 0.29) is 0 Å². The second-order valence-electron chi connectivity index (χ2n) is 11.8. The van der Waals surface area contributed by atoms with Gasteiger partial charge in [-0.25, -0.2) is 4.85 Å². The number of ether oxygens (including phenoxy) is 2. The molecule has 0 radical (unpaired) electrons. The topological polar surface area (TPSA) is 46.6 Å². The Morgan fingerprint density at radius 1 is 0.479 bits per heavy atom. The summed E-state index contributed by atoms with van der Waals surface area (Å²) in [4.78, 5) is 3.63. The van der Waals surface area contributed by atoms with E-state index in [9.17, 15) is 5.26 Å². The van der Waals surface area contributed by atoms with E-state index in [1.54, 1.807) is 14.2 Å². The van der Waals surface area contributed by atoms with Gasteiger partial charge in [0.05, 0.1) is 32.4 Å². The molecule has 0 spiro atoms. The highest BCUT2D eigenvalue weighted by Gasteiger charge is 2.21. The monoisotopic (exact) mass is 616 g/mol. The van der Waals surface area contributed by atoms with Crippen molar-refractivity contribution in [3.63, 3.8) is 0 Å². The van der Waals surface area contributed by atoms with Crippen LogP contribution in [0.15, 0.2) is 133 Å². The van der Waals surface area contributed by atoms with E-state index in [0.29, 0.717) is 11.3 Å². The molecule has 0 fully saturated rings. The van der Waals surface area contributed by atoms with Gasteiger partial charge >= 0.3 is 0 Å². The van der Waals surface area contributed by atoms with E-state index in [4.69, 9.17) is 16.0 Å². The van der Waals surface area contributed by atoms with Gasteiger partial charge in [-0.15, -0.1) is 0 Å². The van der Waals surface area contributed by atoms with Crippen molar-refractivity contribution >= 4 is 38.0 Å². The molecule has 0 aromatic heterocycles. The molecule has 8 aromatic carbocycles. The lowest BCUT2D eigenvalue weighted by Gasteiger charge is -2.21. The van der Waals surface area contributed by atoms with E-state index in [2.05, 4.69) is 71.6 Å². The SMILES string of the molecule is [C-]#[N+]c1ccc(-c2cc(-c3ccc(OC)cc3)c3ccc4c(-c5ccc(C#N)cc5)cc(-c5ccc(OC)cc5)c5ccc2c3c45)cc1. The van der Waals surface area contributed by atoms with Crippen molar-refractivity contribution in [1.29, 1.82) is 5.26 Å². The maximum absolute atomic E-state index is 9.51. The highest BCUT2D eigenvalue weighted by Crippen LogP contribution is 2.48. The van der Waals surface area contributed by atoms with Gasteiger partial charge < -0.3 is 9.47 Å². The Morgan fingerprint density at radius 3 is 1.12 bits per heavy atom. The molecule has 0 aliphatic heterocycles. The summed E-state index contributed by atoms with van der Waals surface area (Å²) in [5.41, 5.74) is 9.98. The Balaban J connectivity index is 1.52. The Labute approximate surface area is 278 Å². The van der Waals surface area contributed by atoms with Crippen molar-refractivity contribution in [1.82, 2.24) is 0 Å². The maximum Gasteiger partial charge on any atom is 0.187 e. The second-order valence-corrected chi connectivity index (χ2v) is 11.8. The van der Waals surface area contributed by atoms with Crippen molar-refractivity contribution in [2.24, 2.45) is 0 Å². The lowest BCUT2D eigenvalue weighted by Crippen LogP contribution is -1.94. The van der Waals surface area contributed by atoms with Crippen LogP contribution >= 0.6 is 0 Å². The summed E-state index contributed by atoms with van der Waals surface area (Å²) in [7, 11) is 3.36. The number of hydrogen-bond donors (Lipinski definition) is 0. The first kappa shape index (κ1) is 28.8. The molecule has 4 heteroatoms. The van der Waals surface area contributed by atoms with Gasteiger partial charge in [0.2, 0.25) is 0 Å². The van der Waals surface area contributed by atoms with Crippen molar-refractivity contribution in [3.05, 3.63) is 150 Å². The van der Waals surface area contributed by atoms with Crippen LogP contribution in [0.25, 0.3) is 81.7 Å². The fraction of sp³-hybridized carbons (Fsp3) is 0.0455. The number of rotatable bonds is 6. The number of nitriles is 1. The fourth-order valence-corrected chi connectivity index (χ4v) is 6.93. The summed E-state index contributed by atoms with van der Waals surface area (Å²) in [5, 5.41) is 16.5. The molecule has 0 bridgehead atoms. The summed E-state index contributed by atoms with van der Waals surface area (Å²) in [6.45, 7) is 7.49. The first-order valence-electron chi connectivity index (χ1n) is 15.7. The van der Waals surface area contributed by atoms with Crippen LogP contribution in [0.1, 0.15) is 5.56 Å². The number of benzene rings is 8. The third kappa shape index (κ3) is 4.68. The molecule has 0 amide bonds. The predicted octanol–water partition coefficient (Wildman–Crippen LogP) is 11.7. The molecule has 0 saturated heterocycles. The average Bonchev–Trinajstić information content (AvgIpc) is 3.16. The van der Waals surface area contributed by atoms with Crippen molar-refractivity contribution in [2.45, 2.75) is 0 Å². The number of nitrogens with zero attached hydrogens (tertiary/aromatic N) is 2. The van der Waals surface area contributed by atoms with Crippen LogP contribution in [-0.4, -0.2) is 14.2 Å². The molecular formula is C44H28N2O2. The molecular weight excluding hydrogens is 588 g/mol. The molecule has 0 N–H and O–H groups in total. The van der Waals surface area contributed by atoms with E-state index in [1.165, 1.54) is 10.8 Å². The van der Waals surface area contributed by atoms with Gasteiger partial charge in [0.1, 0.15) is 11.5 Å². The fourth-order valence-electron chi connectivity index (χ4n) is 6.93.